The first kappa shape index (κ1) is 10.2. The summed E-state index contributed by atoms with van der Waals surface area (Å²) in [5.74, 6) is 0. The van der Waals surface area contributed by atoms with E-state index in [4.69, 9.17) is 11.6 Å². The number of halogens is 1. The first-order valence-corrected chi connectivity index (χ1v) is 4.72. The number of nitrogens with one attached hydrogen (secondary N) is 1. The van der Waals surface area contributed by atoms with Crippen LogP contribution in [0.15, 0.2) is 36.1 Å². The molecule has 70 valence electrons. The summed E-state index contributed by atoms with van der Waals surface area (Å²) in [6.45, 7) is 1.77. The highest BCUT2D eigenvalue weighted by atomic mass is 35.5. The fraction of sp³-hybridized carbons (Fsp3) is 0.300. The van der Waals surface area contributed by atoms with Gasteiger partial charge in [-0.2, -0.15) is 0 Å². The zero-order chi connectivity index (χ0) is 9.36. The zero-order valence-corrected chi connectivity index (χ0v) is 8.17. The third-order valence-electron chi connectivity index (χ3n) is 1.66. The molecule has 1 aromatic heterocycles. The van der Waals surface area contributed by atoms with Gasteiger partial charge in [0.1, 0.15) is 0 Å². The second-order valence-electron chi connectivity index (χ2n) is 2.68. The molecule has 0 aliphatic rings. The molecule has 0 fully saturated rings. The zero-order valence-electron chi connectivity index (χ0n) is 7.41. The standard InChI is InChI=1S/C10H13ClN2/c11-5-2-7-12-8-4-10-3-1-6-13-9-10/h1-3,5-6,9,12H,4,7-8H2/b5-2+. The second kappa shape index (κ2) is 6.63. The van der Waals surface area contributed by atoms with Crippen molar-refractivity contribution in [3.05, 3.63) is 41.7 Å². The lowest BCUT2D eigenvalue weighted by Gasteiger charge is -2.00. The minimum absolute atomic E-state index is 0.823. The molecule has 0 amide bonds. The minimum atomic E-state index is 0.823. The van der Waals surface area contributed by atoms with E-state index < -0.39 is 0 Å². The van der Waals surface area contributed by atoms with Gasteiger partial charge >= 0.3 is 0 Å². The molecular weight excluding hydrogens is 184 g/mol. The lowest BCUT2D eigenvalue weighted by Crippen LogP contribution is -2.16. The minimum Gasteiger partial charge on any atom is -0.313 e. The van der Waals surface area contributed by atoms with Gasteiger partial charge in [0.25, 0.3) is 0 Å². The summed E-state index contributed by atoms with van der Waals surface area (Å²) in [6.07, 6.45) is 6.56. The van der Waals surface area contributed by atoms with Crippen LogP contribution in [-0.2, 0) is 6.42 Å². The van der Waals surface area contributed by atoms with Crippen LogP contribution in [0.5, 0.6) is 0 Å². The van der Waals surface area contributed by atoms with Gasteiger partial charge in [0, 0.05) is 24.5 Å². The maximum absolute atomic E-state index is 5.37. The Hall–Kier alpha value is -0.860. The molecule has 1 N–H and O–H groups in total. The van der Waals surface area contributed by atoms with E-state index in [9.17, 15) is 0 Å². The van der Waals surface area contributed by atoms with Gasteiger partial charge in [0.2, 0.25) is 0 Å². The number of nitrogens with zero attached hydrogens (tertiary/aromatic N) is 1. The van der Waals surface area contributed by atoms with E-state index >= 15 is 0 Å². The van der Waals surface area contributed by atoms with E-state index in [1.807, 2.05) is 18.3 Å². The summed E-state index contributed by atoms with van der Waals surface area (Å²) in [6, 6.07) is 4.03. The van der Waals surface area contributed by atoms with Crippen LogP contribution in [-0.4, -0.2) is 18.1 Å². The Morgan fingerprint density at radius 1 is 1.54 bits per heavy atom. The number of pyridine rings is 1. The van der Waals surface area contributed by atoms with Crippen molar-refractivity contribution in [3.8, 4) is 0 Å². The van der Waals surface area contributed by atoms with Gasteiger partial charge < -0.3 is 5.32 Å². The smallest absolute Gasteiger partial charge is 0.0300 e. The fourth-order valence-corrected chi connectivity index (χ4v) is 1.10. The van der Waals surface area contributed by atoms with Crippen LogP contribution in [0.25, 0.3) is 0 Å². The summed E-state index contributed by atoms with van der Waals surface area (Å²) >= 11 is 5.37. The Kier molecular flexibility index (Phi) is 5.22. The molecule has 0 spiro atoms. The molecule has 0 saturated carbocycles. The molecule has 2 nitrogen and oxygen atoms in total. The molecule has 0 radical (unpaired) electrons. The van der Waals surface area contributed by atoms with Crippen molar-refractivity contribution in [3.63, 3.8) is 0 Å². The quantitative estimate of drug-likeness (QED) is 0.729. The molecule has 1 aromatic rings. The molecule has 1 heterocycles. The Bertz CT molecular complexity index is 246. The largest absolute Gasteiger partial charge is 0.313 e. The van der Waals surface area contributed by atoms with E-state index in [-0.39, 0.29) is 0 Å². The van der Waals surface area contributed by atoms with Crippen molar-refractivity contribution >= 4 is 11.6 Å². The van der Waals surface area contributed by atoms with Crippen molar-refractivity contribution in [1.82, 2.24) is 10.3 Å². The molecule has 0 unspecified atom stereocenters. The first-order chi connectivity index (χ1) is 6.43. The van der Waals surface area contributed by atoms with E-state index in [1.54, 1.807) is 6.20 Å². The molecule has 0 bridgehead atoms. The third kappa shape index (κ3) is 4.65. The summed E-state index contributed by atoms with van der Waals surface area (Å²) in [7, 11) is 0. The van der Waals surface area contributed by atoms with Gasteiger partial charge in [0.15, 0.2) is 0 Å². The first-order valence-electron chi connectivity index (χ1n) is 4.28. The van der Waals surface area contributed by atoms with Gasteiger partial charge in [0.05, 0.1) is 0 Å². The SMILES string of the molecule is Cl/C=C/CNCCc1cccnc1. The van der Waals surface area contributed by atoms with Gasteiger partial charge in [-0.1, -0.05) is 23.7 Å². The van der Waals surface area contributed by atoms with Crippen molar-refractivity contribution < 1.29 is 0 Å². The van der Waals surface area contributed by atoms with E-state index in [0.29, 0.717) is 0 Å². The Morgan fingerprint density at radius 3 is 3.15 bits per heavy atom. The lowest BCUT2D eigenvalue weighted by molar-refractivity contribution is 0.743. The number of hydrogen-bond donors (Lipinski definition) is 1. The summed E-state index contributed by atoms with van der Waals surface area (Å²) in [5, 5.41) is 3.24. The van der Waals surface area contributed by atoms with Crippen molar-refractivity contribution in [2.45, 2.75) is 6.42 Å². The summed E-state index contributed by atoms with van der Waals surface area (Å²) in [4.78, 5) is 4.04. The van der Waals surface area contributed by atoms with E-state index in [0.717, 1.165) is 19.5 Å². The summed E-state index contributed by atoms with van der Waals surface area (Å²) in [5.41, 5.74) is 2.78. The number of aromatic nitrogens is 1. The van der Waals surface area contributed by atoms with Crippen LogP contribution < -0.4 is 5.32 Å². The number of rotatable bonds is 5. The van der Waals surface area contributed by atoms with Crippen molar-refractivity contribution in [2.24, 2.45) is 0 Å². The predicted molar refractivity (Wildman–Crippen MR) is 55.8 cm³/mol. The molecule has 0 aliphatic heterocycles. The molecule has 0 atom stereocenters. The van der Waals surface area contributed by atoms with Gasteiger partial charge in [-0.05, 0) is 24.6 Å². The fourth-order valence-electron chi connectivity index (χ4n) is 1.01. The Morgan fingerprint density at radius 2 is 2.46 bits per heavy atom. The van der Waals surface area contributed by atoms with Crippen LogP contribution in [0.4, 0.5) is 0 Å². The van der Waals surface area contributed by atoms with Crippen LogP contribution in [0.1, 0.15) is 5.56 Å². The highest BCUT2D eigenvalue weighted by Crippen LogP contribution is 1.94. The van der Waals surface area contributed by atoms with Crippen molar-refractivity contribution in [1.29, 1.82) is 0 Å². The van der Waals surface area contributed by atoms with E-state index in [1.165, 1.54) is 11.1 Å². The normalized spacial score (nSPS) is 10.8. The van der Waals surface area contributed by atoms with Crippen LogP contribution in [0.2, 0.25) is 0 Å². The lowest BCUT2D eigenvalue weighted by atomic mass is 10.2. The number of hydrogen-bond acceptors (Lipinski definition) is 2. The van der Waals surface area contributed by atoms with Crippen LogP contribution in [0, 0.1) is 0 Å². The Balaban J connectivity index is 2.13. The topological polar surface area (TPSA) is 24.9 Å². The van der Waals surface area contributed by atoms with Gasteiger partial charge in [-0.25, -0.2) is 0 Å². The average molecular weight is 197 g/mol. The van der Waals surface area contributed by atoms with Crippen LogP contribution >= 0.6 is 11.6 Å². The van der Waals surface area contributed by atoms with E-state index in [2.05, 4.69) is 16.4 Å². The average Bonchev–Trinajstić information content (AvgIpc) is 2.19. The second-order valence-corrected chi connectivity index (χ2v) is 2.93. The highest BCUT2D eigenvalue weighted by Gasteiger charge is 1.89. The summed E-state index contributed by atoms with van der Waals surface area (Å²) < 4.78 is 0. The van der Waals surface area contributed by atoms with Gasteiger partial charge in [-0.15, -0.1) is 0 Å². The van der Waals surface area contributed by atoms with Crippen molar-refractivity contribution in [2.75, 3.05) is 13.1 Å². The maximum Gasteiger partial charge on any atom is 0.0300 e. The van der Waals surface area contributed by atoms with Gasteiger partial charge in [-0.3, -0.25) is 4.98 Å². The Labute approximate surface area is 83.6 Å². The molecular formula is C10H13ClN2. The third-order valence-corrected chi connectivity index (χ3v) is 1.84. The monoisotopic (exact) mass is 196 g/mol. The molecule has 0 saturated heterocycles. The molecule has 1 rings (SSSR count). The molecule has 0 aromatic carbocycles. The molecule has 3 heteroatoms. The highest BCUT2D eigenvalue weighted by molar-refractivity contribution is 6.25. The van der Waals surface area contributed by atoms with Crippen LogP contribution in [0.3, 0.4) is 0 Å². The predicted octanol–water partition coefficient (Wildman–Crippen LogP) is 1.97. The molecule has 13 heavy (non-hydrogen) atoms. The maximum atomic E-state index is 5.37. The molecule has 0 aliphatic carbocycles.